The fourth-order valence-electron chi connectivity index (χ4n) is 7.33. The first-order chi connectivity index (χ1) is 35.5. The second-order valence-electron chi connectivity index (χ2n) is 18.4. The molecule has 404 valence electrons. The third-order valence-corrected chi connectivity index (χ3v) is 11.6. The highest BCUT2D eigenvalue weighted by Gasteiger charge is 2.19. The molecule has 6 nitrogen and oxygen atoms in total. The topological polar surface area (TPSA) is 78.9 Å². The van der Waals surface area contributed by atoms with E-state index in [0.29, 0.717) is 12.8 Å². The zero-order valence-electron chi connectivity index (χ0n) is 46.1. The van der Waals surface area contributed by atoms with Crippen LogP contribution >= 0.6 is 0 Å². The highest BCUT2D eigenvalue weighted by Crippen LogP contribution is 2.13. The van der Waals surface area contributed by atoms with E-state index in [4.69, 9.17) is 14.2 Å². The number of carbonyl (C=O) groups is 3. The summed E-state index contributed by atoms with van der Waals surface area (Å²) in [7, 11) is 0. The average molecular weight is 994 g/mol. The van der Waals surface area contributed by atoms with Crippen molar-refractivity contribution in [3.05, 3.63) is 146 Å². The van der Waals surface area contributed by atoms with Gasteiger partial charge in [0.25, 0.3) is 0 Å². The molecule has 0 bridgehead atoms. The van der Waals surface area contributed by atoms with E-state index in [2.05, 4.69) is 167 Å². The summed E-state index contributed by atoms with van der Waals surface area (Å²) in [6, 6.07) is 0. The molecule has 0 aliphatic heterocycles. The number of ether oxygens (including phenoxy) is 3. The molecular formula is C66H104O6. The zero-order chi connectivity index (χ0) is 52.2. The van der Waals surface area contributed by atoms with Gasteiger partial charge in [-0.05, 0) is 122 Å². The Morgan fingerprint density at radius 1 is 0.292 bits per heavy atom. The third kappa shape index (κ3) is 56.2. The number of carbonyl (C=O) groups excluding carboxylic acids is 3. The van der Waals surface area contributed by atoms with Crippen molar-refractivity contribution < 1.29 is 28.6 Å². The first-order valence-electron chi connectivity index (χ1n) is 28.8. The molecule has 0 amide bonds. The van der Waals surface area contributed by atoms with E-state index in [1.165, 1.54) is 44.9 Å². The van der Waals surface area contributed by atoms with Crippen LogP contribution in [-0.4, -0.2) is 37.2 Å². The Morgan fingerprint density at radius 2 is 0.542 bits per heavy atom. The van der Waals surface area contributed by atoms with E-state index in [0.717, 1.165) is 148 Å². The number of allylic oxidation sites excluding steroid dienone is 24. The summed E-state index contributed by atoms with van der Waals surface area (Å²) >= 11 is 0. The van der Waals surface area contributed by atoms with Crippen molar-refractivity contribution in [1.82, 2.24) is 0 Å². The van der Waals surface area contributed by atoms with Crippen LogP contribution in [0.2, 0.25) is 0 Å². The zero-order valence-corrected chi connectivity index (χ0v) is 46.1. The molecule has 6 heteroatoms. The maximum atomic E-state index is 12.8. The molecule has 0 aliphatic rings. The molecule has 0 saturated carbocycles. The second kappa shape index (κ2) is 58.9. The van der Waals surface area contributed by atoms with Crippen LogP contribution in [0.25, 0.3) is 0 Å². The molecule has 1 atom stereocenters. The van der Waals surface area contributed by atoms with E-state index in [1.54, 1.807) is 0 Å². The van der Waals surface area contributed by atoms with Crippen molar-refractivity contribution in [3.63, 3.8) is 0 Å². The standard InChI is InChI=1S/C66H104O6/c1-4-7-10-13-16-18-20-22-24-26-28-29-30-31-32-33-34-35-36-37-39-40-42-44-46-48-50-53-56-59-65(68)71-62-63(61-70-64(67)58-55-52-15-12-9-6-3)72-66(69)60-57-54-51-49-47-45-43-41-38-27-25-23-21-19-17-14-11-8-5-2/h7-8,10-11,16-19,22-25,28-29,31-32,34-35,37-39,41,45,47,63H,4-6,9,12-15,20-21,26-27,30,33,36,40,42-44,46,48-62H2,1-3H3/b10-7-,11-8-,18-16-,19-17-,24-22-,25-23-,29-28-,32-31-,35-34-,39-37-,41-38-,47-45-. The Balaban J connectivity index is 4.24. The minimum Gasteiger partial charge on any atom is -0.462 e. The predicted molar refractivity (Wildman–Crippen MR) is 311 cm³/mol. The third-order valence-electron chi connectivity index (χ3n) is 11.6. The molecular weight excluding hydrogens is 889 g/mol. The molecule has 0 radical (unpaired) electrons. The van der Waals surface area contributed by atoms with Gasteiger partial charge in [-0.3, -0.25) is 14.4 Å². The summed E-state index contributed by atoms with van der Waals surface area (Å²) in [5.74, 6) is -0.962. The quantitative estimate of drug-likeness (QED) is 0.0261. The fraction of sp³-hybridized carbons (Fsp3) is 0.591. The molecule has 0 aliphatic carbocycles. The van der Waals surface area contributed by atoms with Crippen LogP contribution < -0.4 is 0 Å². The van der Waals surface area contributed by atoms with E-state index in [-0.39, 0.29) is 37.5 Å². The van der Waals surface area contributed by atoms with Crippen LogP contribution in [0.4, 0.5) is 0 Å². The number of unbranched alkanes of at least 4 members (excludes halogenated alkanes) is 15. The van der Waals surface area contributed by atoms with E-state index in [1.807, 2.05) is 0 Å². The van der Waals surface area contributed by atoms with Gasteiger partial charge in [-0.15, -0.1) is 0 Å². The van der Waals surface area contributed by atoms with Crippen molar-refractivity contribution in [2.75, 3.05) is 13.2 Å². The van der Waals surface area contributed by atoms with Gasteiger partial charge in [-0.1, -0.05) is 237 Å². The van der Waals surface area contributed by atoms with Crippen LogP contribution in [0.3, 0.4) is 0 Å². The Morgan fingerprint density at radius 3 is 0.861 bits per heavy atom. The Bertz CT molecular complexity index is 1610. The Kier molecular flexibility index (Phi) is 55.0. The highest BCUT2D eigenvalue weighted by atomic mass is 16.6. The number of rotatable bonds is 50. The van der Waals surface area contributed by atoms with Crippen LogP contribution in [-0.2, 0) is 28.6 Å². The van der Waals surface area contributed by atoms with Crippen molar-refractivity contribution in [2.24, 2.45) is 0 Å². The second-order valence-corrected chi connectivity index (χ2v) is 18.4. The van der Waals surface area contributed by atoms with Crippen LogP contribution in [0, 0.1) is 0 Å². The van der Waals surface area contributed by atoms with Crippen molar-refractivity contribution in [2.45, 2.75) is 239 Å². The van der Waals surface area contributed by atoms with Gasteiger partial charge < -0.3 is 14.2 Å². The van der Waals surface area contributed by atoms with Gasteiger partial charge in [0.1, 0.15) is 13.2 Å². The molecule has 0 fully saturated rings. The molecule has 0 aromatic heterocycles. The summed E-state index contributed by atoms with van der Waals surface area (Å²) in [6.45, 7) is 6.30. The number of esters is 3. The largest absolute Gasteiger partial charge is 0.462 e. The Hall–Kier alpha value is -4.71. The normalized spacial score (nSPS) is 13.2. The van der Waals surface area contributed by atoms with Crippen molar-refractivity contribution in [3.8, 4) is 0 Å². The molecule has 0 saturated heterocycles. The Labute approximate surface area is 442 Å². The summed E-state index contributed by atoms with van der Waals surface area (Å²) < 4.78 is 16.7. The van der Waals surface area contributed by atoms with Gasteiger partial charge in [0.15, 0.2) is 6.10 Å². The van der Waals surface area contributed by atoms with Gasteiger partial charge in [-0.25, -0.2) is 0 Å². The lowest BCUT2D eigenvalue weighted by Crippen LogP contribution is -2.30. The lowest BCUT2D eigenvalue weighted by Gasteiger charge is -2.18. The monoisotopic (exact) mass is 993 g/mol. The SMILES string of the molecule is CC/C=C\C/C=C\C/C=C\C/C=C\C/C=C\C/C=C\C/C=C\CCCCCCCCCC(=O)OCC(COC(=O)CCCCCCCC)OC(=O)CCCCC/C=C\C/C=C\C/C=C\C/C=C\C/C=C\CC. The molecule has 0 N–H and O–H groups in total. The molecule has 0 aromatic rings. The van der Waals surface area contributed by atoms with Crippen LogP contribution in [0.1, 0.15) is 233 Å². The summed E-state index contributed by atoms with van der Waals surface area (Å²) in [5.41, 5.74) is 0. The summed E-state index contributed by atoms with van der Waals surface area (Å²) in [4.78, 5) is 37.9. The molecule has 1 unspecified atom stereocenters. The lowest BCUT2D eigenvalue weighted by molar-refractivity contribution is -0.167. The fourth-order valence-corrected chi connectivity index (χ4v) is 7.33. The van der Waals surface area contributed by atoms with Crippen LogP contribution in [0.5, 0.6) is 0 Å². The van der Waals surface area contributed by atoms with Gasteiger partial charge in [0, 0.05) is 19.3 Å². The molecule has 0 aromatic carbocycles. The lowest BCUT2D eigenvalue weighted by atomic mass is 10.1. The highest BCUT2D eigenvalue weighted by molar-refractivity contribution is 5.71. The van der Waals surface area contributed by atoms with E-state index < -0.39 is 6.10 Å². The van der Waals surface area contributed by atoms with E-state index in [9.17, 15) is 14.4 Å². The van der Waals surface area contributed by atoms with Gasteiger partial charge in [-0.2, -0.15) is 0 Å². The minimum atomic E-state index is -0.803. The van der Waals surface area contributed by atoms with Crippen LogP contribution in [0.15, 0.2) is 146 Å². The van der Waals surface area contributed by atoms with Gasteiger partial charge >= 0.3 is 17.9 Å². The molecule has 0 spiro atoms. The van der Waals surface area contributed by atoms with Crippen molar-refractivity contribution in [1.29, 1.82) is 0 Å². The van der Waals surface area contributed by atoms with Gasteiger partial charge in [0.2, 0.25) is 0 Å². The van der Waals surface area contributed by atoms with Gasteiger partial charge in [0.05, 0.1) is 0 Å². The minimum absolute atomic E-state index is 0.100. The number of hydrogen-bond donors (Lipinski definition) is 0. The molecule has 72 heavy (non-hydrogen) atoms. The summed E-state index contributed by atoms with van der Waals surface area (Å²) in [6.07, 6.45) is 84.4. The molecule has 0 heterocycles. The smallest absolute Gasteiger partial charge is 0.306 e. The predicted octanol–water partition coefficient (Wildman–Crippen LogP) is 19.6. The van der Waals surface area contributed by atoms with Crippen molar-refractivity contribution >= 4 is 17.9 Å². The molecule has 0 rings (SSSR count). The maximum Gasteiger partial charge on any atom is 0.306 e. The van der Waals surface area contributed by atoms with E-state index >= 15 is 0 Å². The maximum absolute atomic E-state index is 12.8. The first-order valence-corrected chi connectivity index (χ1v) is 28.8. The average Bonchev–Trinajstić information content (AvgIpc) is 3.38. The summed E-state index contributed by atoms with van der Waals surface area (Å²) in [5, 5.41) is 0. The number of hydrogen-bond acceptors (Lipinski definition) is 6. The first kappa shape index (κ1) is 67.3.